The van der Waals surface area contributed by atoms with E-state index in [0.717, 1.165) is 30.6 Å². The zero-order chi connectivity index (χ0) is 15.9. The third-order valence-corrected chi connectivity index (χ3v) is 6.53. The van der Waals surface area contributed by atoms with Gasteiger partial charge in [0.1, 0.15) is 11.9 Å². The molecule has 1 saturated heterocycles. The quantitative estimate of drug-likeness (QED) is 0.919. The lowest BCUT2D eigenvalue weighted by atomic mass is 9.93. The number of rotatable bonds is 3. The summed E-state index contributed by atoms with van der Waals surface area (Å²) in [4.78, 5) is 0.370. The van der Waals surface area contributed by atoms with Crippen LogP contribution >= 0.6 is 0 Å². The molecule has 3 atom stereocenters. The first-order valence-electron chi connectivity index (χ1n) is 7.93. The SMILES string of the molecule is CC1Cc2cc(S(=O)(=O)N3CCCC(C(C)N)C3)ccc2O1. The fraction of sp³-hybridized carbons (Fsp3) is 0.625. The van der Waals surface area contributed by atoms with Gasteiger partial charge in [0.15, 0.2) is 0 Å². The Bertz CT molecular complexity index is 657. The van der Waals surface area contributed by atoms with E-state index in [-0.39, 0.29) is 18.1 Å². The van der Waals surface area contributed by atoms with Crippen LogP contribution in [0.1, 0.15) is 32.3 Å². The van der Waals surface area contributed by atoms with E-state index in [0.29, 0.717) is 18.0 Å². The summed E-state index contributed by atoms with van der Waals surface area (Å²) < 4.78 is 33.0. The van der Waals surface area contributed by atoms with Crippen molar-refractivity contribution in [1.82, 2.24) is 4.31 Å². The maximum Gasteiger partial charge on any atom is 0.243 e. The predicted octanol–water partition coefficient (Wildman–Crippen LogP) is 1.76. The minimum absolute atomic E-state index is 0.0206. The van der Waals surface area contributed by atoms with Gasteiger partial charge in [-0.2, -0.15) is 4.31 Å². The first-order valence-corrected chi connectivity index (χ1v) is 9.37. The highest BCUT2D eigenvalue weighted by Gasteiger charge is 2.32. The summed E-state index contributed by atoms with van der Waals surface area (Å²) in [6.07, 6.45) is 2.75. The van der Waals surface area contributed by atoms with Crippen LogP contribution in [-0.4, -0.2) is 38.0 Å². The molecule has 2 N–H and O–H groups in total. The van der Waals surface area contributed by atoms with Crippen LogP contribution in [0.25, 0.3) is 0 Å². The summed E-state index contributed by atoms with van der Waals surface area (Å²) in [6, 6.07) is 5.22. The van der Waals surface area contributed by atoms with E-state index in [1.54, 1.807) is 22.5 Å². The standard InChI is InChI=1S/C16H24N2O3S/c1-11-8-14-9-15(5-6-16(14)21-11)22(19,20)18-7-3-4-13(10-18)12(2)17/h5-6,9,11-13H,3-4,7-8,10,17H2,1-2H3. The van der Waals surface area contributed by atoms with E-state index in [4.69, 9.17) is 10.5 Å². The zero-order valence-electron chi connectivity index (χ0n) is 13.2. The van der Waals surface area contributed by atoms with Crippen molar-refractivity contribution < 1.29 is 13.2 Å². The number of nitrogens with two attached hydrogens (primary N) is 1. The van der Waals surface area contributed by atoms with Crippen molar-refractivity contribution in [3.05, 3.63) is 23.8 Å². The molecule has 1 fully saturated rings. The van der Waals surface area contributed by atoms with Gasteiger partial charge < -0.3 is 10.5 Å². The molecule has 0 spiro atoms. The molecule has 0 aliphatic carbocycles. The van der Waals surface area contributed by atoms with Crippen LogP contribution in [0.4, 0.5) is 0 Å². The van der Waals surface area contributed by atoms with Gasteiger partial charge in [-0.1, -0.05) is 0 Å². The molecular weight excluding hydrogens is 300 g/mol. The molecule has 0 aromatic heterocycles. The van der Waals surface area contributed by atoms with Gasteiger partial charge in [-0.05, 0) is 56.4 Å². The monoisotopic (exact) mass is 324 g/mol. The molecule has 122 valence electrons. The Morgan fingerprint density at radius 1 is 1.41 bits per heavy atom. The van der Waals surface area contributed by atoms with Crippen LogP contribution in [0, 0.1) is 5.92 Å². The highest BCUT2D eigenvalue weighted by Crippen LogP contribution is 2.32. The van der Waals surface area contributed by atoms with E-state index in [1.807, 2.05) is 13.8 Å². The zero-order valence-corrected chi connectivity index (χ0v) is 14.0. The Kier molecular flexibility index (Phi) is 4.18. The van der Waals surface area contributed by atoms with Gasteiger partial charge in [0.05, 0.1) is 4.90 Å². The predicted molar refractivity (Wildman–Crippen MR) is 85.4 cm³/mol. The molecule has 22 heavy (non-hydrogen) atoms. The summed E-state index contributed by atoms with van der Waals surface area (Å²) in [5.74, 6) is 1.04. The Hall–Kier alpha value is -1.11. The van der Waals surface area contributed by atoms with Gasteiger partial charge in [-0.15, -0.1) is 0 Å². The molecule has 0 amide bonds. The van der Waals surface area contributed by atoms with E-state index < -0.39 is 10.0 Å². The fourth-order valence-corrected chi connectivity index (χ4v) is 4.92. The second-order valence-electron chi connectivity index (χ2n) is 6.53. The first kappa shape index (κ1) is 15.8. The molecule has 2 heterocycles. The number of piperidine rings is 1. The van der Waals surface area contributed by atoms with Crippen LogP contribution in [0.15, 0.2) is 23.1 Å². The van der Waals surface area contributed by atoms with Crippen molar-refractivity contribution in [2.75, 3.05) is 13.1 Å². The van der Waals surface area contributed by atoms with E-state index in [1.165, 1.54) is 0 Å². The van der Waals surface area contributed by atoms with Crippen LogP contribution in [0.5, 0.6) is 5.75 Å². The van der Waals surface area contributed by atoms with Crippen molar-refractivity contribution in [3.63, 3.8) is 0 Å². The molecule has 2 aliphatic heterocycles. The lowest BCUT2D eigenvalue weighted by Crippen LogP contribution is -2.44. The van der Waals surface area contributed by atoms with Crippen LogP contribution < -0.4 is 10.5 Å². The van der Waals surface area contributed by atoms with Crippen LogP contribution in [0.3, 0.4) is 0 Å². The summed E-state index contributed by atoms with van der Waals surface area (Å²) in [6.45, 7) is 5.04. The molecule has 1 aromatic rings. The molecule has 0 saturated carbocycles. The van der Waals surface area contributed by atoms with E-state index in [9.17, 15) is 8.42 Å². The highest BCUT2D eigenvalue weighted by molar-refractivity contribution is 7.89. The average Bonchev–Trinajstić information content (AvgIpc) is 2.86. The Labute approximate surface area is 132 Å². The van der Waals surface area contributed by atoms with Crippen LogP contribution in [-0.2, 0) is 16.4 Å². The number of benzene rings is 1. The molecule has 0 bridgehead atoms. The van der Waals surface area contributed by atoms with Gasteiger partial charge in [0.25, 0.3) is 0 Å². The minimum atomic E-state index is -3.45. The number of sulfonamides is 1. The smallest absolute Gasteiger partial charge is 0.243 e. The van der Waals surface area contributed by atoms with Gasteiger partial charge in [0, 0.05) is 25.6 Å². The molecule has 6 heteroatoms. The number of nitrogens with zero attached hydrogens (tertiary/aromatic N) is 1. The average molecular weight is 324 g/mol. The fourth-order valence-electron chi connectivity index (χ4n) is 3.33. The van der Waals surface area contributed by atoms with Crippen LogP contribution in [0.2, 0.25) is 0 Å². The Balaban J connectivity index is 1.85. The number of hydrogen-bond acceptors (Lipinski definition) is 4. The second kappa shape index (κ2) is 5.83. The van der Waals surface area contributed by atoms with Gasteiger partial charge in [0.2, 0.25) is 10.0 Å². The number of ether oxygens (including phenoxy) is 1. The van der Waals surface area contributed by atoms with Crippen molar-refractivity contribution in [2.24, 2.45) is 11.7 Å². The van der Waals surface area contributed by atoms with Crippen molar-refractivity contribution in [2.45, 2.75) is 50.2 Å². The van der Waals surface area contributed by atoms with Crippen molar-refractivity contribution in [1.29, 1.82) is 0 Å². The summed E-state index contributed by atoms with van der Waals surface area (Å²) in [7, 11) is -3.45. The Morgan fingerprint density at radius 2 is 2.18 bits per heavy atom. The van der Waals surface area contributed by atoms with Crippen molar-refractivity contribution in [3.8, 4) is 5.75 Å². The van der Waals surface area contributed by atoms with E-state index in [2.05, 4.69) is 0 Å². The summed E-state index contributed by atoms with van der Waals surface area (Å²) >= 11 is 0. The highest BCUT2D eigenvalue weighted by atomic mass is 32.2. The molecule has 0 radical (unpaired) electrons. The van der Waals surface area contributed by atoms with Crippen molar-refractivity contribution >= 4 is 10.0 Å². The minimum Gasteiger partial charge on any atom is -0.490 e. The lowest BCUT2D eigenvalue weighted by molar-refractivity contribution is 0.243. The maximum atomic E-state index is 12.9. The number of fused-ring (bicyclic) bond motifs is 1. The first-order chi connectivity index (χ1) is 10.4. The number of hydrogen-bond donors (Lipinski definition) is 1. The molecule has 5 nitrogen and oxygen atoms in total. The summed E-state index contributed by atoms with van der Waals surface area (Å²) in [5.41, 5.74) is 6.94. The van der Waals surface area contributed by atoms with Gasteiger partial charge in [-0.25, -0.2) is 8.42 Å². The second-order valence-corrected chi connectivity index (χ2v) is 8.46. The topological polar surface area (TPSA) is 72.6 Å². The molecular formula is C16H24N2O3S. The largest absolute Gasteiger partial charge is 0.490 e. The van der Waals surface area contributed by atoms with Gasteiger partial charge >= 0.3 is 0 Å². The lowest BCUT2D eigenvalue weighted by Gasteiger charge is -2.33. The third-order valence-electron chi connectivity index (χ3n) is 4.67. The molecule has 2 aliphatic rings. The summed E-state index contributed by atoms with van der Waals surface area (Å²) in [5, 5.41) is 0. The van der Waals surface area contributed by atoms with Gasteiger partial charge in [-0.3, -0.25) is 0 Å². The molecule has 1 aromatic carbocycles. The molecule has 3 unspecified atom stereocenters. The third kappa shape index (κ3) is 2.87. The maximum absolute atomic E-state index is 12.9. The Morgan fingerprint density at radius 3 is 2.91 bits per heavy atom. The normalized spacial score (nSPS) is 27.2. The van der Waals surface area contributed by atoms with E-state index >= 15 is 0 Å². The molecule has 3 rings (SSSR count).